The van der Waals surface area contributed by atoms with Crippen molar-refractivity contribution in [3.05, 3.63) is 35.9 Å². The maximum Gasteiger partial charge on any atom is 0.242 e. The fourth-order valence-corrected chi connectivity index (χ4v) is 6.31. The molecule has 0 saturated carbocycles. The summed E-state index contributed by atoms with van der Waals surface area (Å²) in [5.74, 6) is -0.573. The summed E-state index contributed by atoms with van der Waals surface area (Å²) in [6.07, 6.45) is 2.34. The second kappa shape index (κ2) is 19.5. The molecule has 1 aliphatic rings. The zero-order valence-corrected chi connectivity index (χ0v) is 28.6. The van der Waals surface area contributed by atoms with E-state index in [2.05, 4.69) is 16.0 Å². The topological polar surface area (TPSA) is 129 Å². The number of methoxy groups -OCH3 is 2. The van der Waals surface area contributed by atoms with E-state index < -0.39 is 18.2 Å². The van der Waals surface area contributed by atoms with Crippen molar-refractivity contribution in [2.75, 3.05) is 47.9 Å². The standard InChI is InChI=1S/C34H57N5O6/c1-9-24(4)33(38(6)31(42)22-37-34(43)32(35-5)23(2)3)28(45-8)21-30(41)39-19-13-16-26(39)27(44-7)20-29(40)36-18-17-25-14-11-10-12-15-25/h10-12,14-15,23-24,26-28,32-33,35H,9,13,16-22H2,1-8H3,(H,36,40)(H,37,43). The molecule has 1 saturated heterocycles. The Hall–Kier alpha value is -3.02. The van der Waals surface area contributed by atoms with E-state index in [4.69, 9.17) is 9.47 Å². The summed E-state index contributed by atoms with van der Waals surface area (Å²) in [6, 6.07) is 8.98. The molecule has 1 heterocycles. The first-order valence-corrected chi connectivity index (χ1v) is 16.3. The summed E-state index contributed by atoms with van der Waals surface area (Å²) in [5, 5.41) is 8.73. The average Bonchev–Trinajstić information content (AvgIpc) is 3.52. The molecule has 6 atom stereocenters. The van der Waals surface area contributed by atoms with Gasteiger partial charge in [0.1, 0.15) is 0 Å². The highest BCUT2D eigenvalue weighted by Crippen LogP contribution is 2.27. The second-order valence-electron chi connectivity index (χ2n) is 12.4. The molecule has 0 aliphatic carbocycles. The highest BCUT2D eigenvalue weighted by atomic mass is 16.5. The molecule has 3 N–H and O–H groups in total. The van der Waals surface area contributed by atoms with Crippen LogP contribution in [0, 0.1) is 11.8 Å². The molecule has 1 aromatic carbocycles. The molecule has 1 fully saturated rings. The molecule has 0 bridgehead atoms. The van der Waals surface area contributed by atoms with Crippen LogP contribution in [0.5, 0.6) is 0 Å². The average molecular weight is 632 g/mol. The van der Waals surface area contributed by atoms with Crippen LogP contribution in [0.4, 0.5) is 0 Å². The van der Waals surface area contributed by atoms with E-state index in [0.717, 1.165) is 31.2 Å². The van der Waals surface area contributed by atoms with Crippen LogP contribution in [0.3, 0.4) is 0 Å². The van der Waals surface area contributed by atoms with Gasteiger partial charge in [0.25, 0.3) is 0 Å². The number of likely N-dealkylation sites (N-methyl/N-ethyl adjacent to an activating group) is 2. The monoisotopic (exact) mass is 631 g/mol. The van der Waals surface area contributed by atoms with Crippen LogP contribution in [0.15, 0.2) is 30.3 Å². The Morgan fingerprint density at radius 1 is 1.02 bits per heavy atom. The first-order chi connectivity index (χ1) is 21.5. The third kappa shape index (κ3) is 11.4. The minimum atomic E-state index is -0.554. The summed E-state index contributed by atoms with van der Waals surface area (Å²) in [4.78, 5) is 55.9. The second-order valence-corrected chi connectivity index (χ2v) is 12.4. The molecule has 11 heteroatoms. The minimum absolute atomic E-state index is 0.0359. The van der Waals surface area contributed by atoms with Gasteiger partial charge in [-0.3, -0.25) is 19.2 Å². The number of rotatable bonds is 19. The highest BCUT2D eigenvalue weighted by molar-refractivity contribution is 5.87. The first kappa shape index (κ1) is 38.2. The predicted octanol–water partition coefficient (Wildman–Crippen LogP) is 2.38. The minimum Gasteiger partial charge on any atom is -0.379 e. The van der Waals surface area contributed by atoms with Gasteiger partial charge in [-0.2, -0.15) is 0 Å². The molecule has 1 aromatic rings. The van der Waals surface area contributed by atoms with Gasteiger partial charge in [-0.15, -0.1) is 0 Å². The molecular formula is C34H57N5O6. The van der Waals surface area contributed by atoms with Crippen molar-refractivity contribution in [1.29, 1.82) is 0 Å². The van der Waals surface area contributed by atoms with Crippen LogP contribution in [0.25, 0.3) is 0 Å². The fraction of sp³-hybridized carbons (Fsp3) is 0.706. The van der Waals surface area contributed by atoms with E-state index in [1.807, 2.05) is 62.9 Å². The SMILES string of the molecule is CCC(C)C(C(CC(=O)N1CCCC1C(CC(=O)NCCc1ccccc1)OC)OC)N(C)C(=O)CNC(=O)C(NC)C(C)C. The van der Waals surface area contributed by atoms with Crippen molar-refractivity contribution in [2.45, 2.75) is 96.6 Å². The van der Waals surface area contributed by atoms with Gasteiger partial charge in [0, 0.05) is 34.4 Å². The molecule has 45 heavy (non-hydrogen) atoms. The molecule has 254 valence electrons. The van der Waals surface area contributed by atoms with E-state index in [1.54, 1.807) is 33.2 Å². The number of amides is 4. The molecule has 0 radical (unpaired) electrons. The Balaban J connectivity index is 2.04. The van der Waals surface area contributed by atoms with Crippen molar-refractivity contribution in [3.8, 4) is 0 Å². The number of nitrogens with zero attached hydrogens (tertiary/aromatic N) is 2. The normalized spacial score (nSPS) is 18.2. The van der Waals surface area contributed by atoms with Gasteiger partial charge >= 0.3 is 0 Å². The smallest absolute Gasteiger partial charge is 0.242 e. The third-order valence-corrected chi connectivity index (χ3v) is 9.12. The predicted molar refractivity (Wildman–Crippen MR) is 175 cm³/mol. The van der Waals surface area contributed by atoms with E-state index in [0.29, 0.717) is 13.1 Å². The number of nitrogens with one attached hydrogen (secondary N) is 3. The first-order valence-electron chi connectivity index (χ1n) is 16.3. The van der Waals surface area contributed by atoms with Crippen LogP contribution in [-0.4, -0.2) is 112 Å². The van der Waals surface area contributed by atoms with Crippen molar-refractivity contribution in [1.82, 2.24) is 25.8 Å². The number of hydrogen-bond donors (Lipinski definition) is 3. The van der Waals surface area contributed by atoms with Crippen molar-refractivity contribution in [2.24, 2.45) is 11.8 Å². The fourth-order valence-electron chi connectivity index (χ4n) is 6.31. The lowest BCUT2D eigenvalue weighted by Gasteiger charge is -2.39. The van der Waals surface area contributed by atoms with Gasteiger partial charge in [-0.25, -0.2) is 0 Å². The Bertz CT molecular complexity index is 1070. The maximum atomic E-state index is 13.8. The van der Waals surface area contributed by atoms with Crippen LogP contribution in [-0.2, 0) is 35.1 Å². The van der Waals surface area contributed by atoms with E-state index in [-0.39, 0.29) is 66.9 Å². The third-order valence-electron chi connectivity index (χ3n) is 9.12. The number of likely N-dealkylation sites (tertiary alicyclic amines) is 1. The summed E-state index contributed by atoms with van der Waals surface area (Å²) < 4.78 is 11.6. The lowest BCUT2D eigenvalue weighted by molar-refractivity contribution is -0.144. The van der Waals surface area contributed by atoms with Gasteiger partial charge < -0.3 is 35.2 Å². The van der Waals surface area contributed by atoms with E-state index in [1.165, 1.54) is 0 Å². The summed E-state index contributed by atoms with van der Waals surface area (Å²) in [6.45, 7) is 8.92. The van der Waals surface area contributed by atoms with Gasteiger partial charge in [0.15, 0.2) is 0 Å². The van der Waals surface area contributed by atoms with Crippen LogP contribution >= 0.6 is 0 Å². The van der Waals surface area contributed by atoms with Gasteiger partial charge in [0.2, 0.25) is 23.6 Å². The van der Waals surface area contributed by atoms with Crippen LogP contribution in [0.1, 0.15) is 65.4 Å². The lowest BCUT2D eigenvalue weighted by atomic mass is 9.90. The highest BCUT2D eigenvalue weighted by Gasteiger charge is 2.39. The zero-order chi connectivity index (χ0) is 33.5. The number of carbonyl (C=O) groups is 4. The Labute approximate surface area is 270 Å². The summed E-state index contributed by atoms with van der Waals surface area (Å²) in [5.41, 5.74) is 1.16. The largest absolute Gasteiger partial charge is 0.379 e. The van der Waals surface area contributed by atoms with Gasteiger partial charge in [0.05, 0.1) is 49.7 Å². The van der Waals surface area contributed by atoms with Crippen molar-refractivity contribution < 1.29 is 28.7 Å². The Morgan fingerprint density at radius 3 is 2.29 bits per heavy atom. The van der Waals surface area contributed by atoms with Crippen LogP contribution < -0.4 is 16.0 Å². The Morgan fingerprint density at radius 2 is 1.71 bits per heavy atom. The quantitative estimate of drug-likeness (QED) is 0.214. The molecular weight excluding hydrogens is 574 g/mol. The molecule has 11 nitrogen and oxygen atoms in total. The Kier molecular flexibility index (Phi) is 16.5. The number of hydrogen-bond acceptors (Lipinski definition) is 7. The molecule has 4 amide bonds. The number of ether oxygens (including phenoxy) is 2. The van der Waals surface area contributed by atoms with Gasteiger partial charge in [-0.1, -0.05) is 64.4 Å². The molecule has 0 aromatic heterocycles. The number of benzene rings is 1. The molecule has 0 spiro atoms. The molecule has 2 rings (SSSR count). The lowest BCUT2D eigenvalue weighted by Crippen LogP contribution is -2.54. The summed E-state index contributed by atoms with van der Waals surface area (Å²) >= 11 is 0. The molecule has 6 unspecified atom stereocenters. The number of carbonyl (C=O) groups excluding carboxylic acids is 4. The van der Waals surface area contributed by atoms with Crippen LogP contribution in [0.2, 0.25) is 0 Å². The van der Waals surface area contributed by atoms with E-state index >= 15 is 0 Å². The van der Waals surface area contributed by atoms with E-state index in [9.17, 15) is 19.2 Å². The van der Waals surface area contributed by atoms with Crippen molar-refractivity contribution >= 4 is 23.6 Å². The summed E-state index contributed by atoms with van der Waals surface area (Å²) in [7, 11) is 6.57. The maximum absolute atomic E-state index is 13.8. The van der Waals surface area contributed by atoms with Gasteiger partial charge in [-0.05, 0) is 43.7 Å². The van der Waals surface area contributed by atoms with Crippen molar-refractivity contribution in [3.63, 3.8) is 0 Å². The molecule has 1 aliphatic heterocycles. The zero-order valence-electron chi connectivity index (χ0n) is 28.6.